The first-order valence-electron chi connectivity index (χ1n) is 5.24. The van der Waals surface area contributed by atoms with Crippen molar-refractivity contribution < 1.29 is 14.7 Å². The zero-order valence-electron chi connectivity index (χ0n) is 9.44. The lowest BCUT2D eigenvalue weighted by Gasteiger charge is -2.07. The number of hydrogen-bond donors (Lipinski definition) is 2. The number of carboxylic acid groups (broad SMARTS) is 1. The van der Waals surface area contributed by atoms with E-state index < -0.39 is 5.97 Å². The predicted octanol–water partition coefficient (Wildman–Crippen LogP) is 2.51. The molecule has 94 valence electrons. The fourth-order valence-corrected chi connectivity index (χ4v) is 1.69. The Hall–Kier alpha value is -1.87. The van der Waals surface area contributed by atoms with Gasteiger partial charge in [-0.2, -0.15) is 5.26 Å². The van der Waals surface area contributed by atoms with Crippen molar-refractivity contribution in [3.05, 3.63) is 28.2 Å². The van der Waals surface area contributed by atoms with Gasteiger partial charge < -0.3 is 10.4 Å². The zero-order chi connectivity index (χ0) is 13.5. The quantitative estimate of drug-likeness (QED) is 0.874. The third-order valence-corrected chi connectivity index (χ3v) is 2.66. The lowest BCUT2D eigenvalue weighted by Crippen LogP contribution is -2.12. The Kier molecular flexibility index (Phi) is 5.33. The molecule has 2 N–H and O–H groups in total. The van der Waals surface area contributed by atoms with Crippen LogP contribution in [0.3, 0.4) is 0 Å². The molecule has 1 aromatic carbocycles. The molecule has 0 fully saturated rings. The Labute approximate surface area is 113 Å². The van der Waals surface area contributed by atoms with Gasteiger partial charge in [0.05, 0.1) is 11.3 Å². The Morgan fingerprint density at radius 3 is 2.72 bits per heavy atom. The standard InChI is InChI=1S/C12H11BrN2O3/c13-9-5-4-8(7-14)10(6-9)15-11(16)2-1-3-12(17)18/h4-6H,1-3H2,(H,15,16)(H,17,18). The van der Waals surface area contributed by atoms with Gasteiger partial charge in [-0.1, -0.05) is 15.9 Å². The van der Waals surface area contributed by atoms with E-state index in [1.807, 2.05) is 6.07 Å². The third kappa shape index (κ3) is 4.55. The molecule has 0 aliphatic rings. The molecule has 0 atom stereocenters. The van der Waals surface area contributed by atoms with Gasteiger partial charge in [0.2, 0.25) is 5.91 Å². The molecule has 0 saturated heterocycles. The van der Waals surface area contributed by atoms with Crippen molar-refractivity contribution in [1.29, 1.82) is 5.26 Å². The number of carboxylic acids is 1. The van der Waals surface area contributed by atoms with Crippen molar-refractivity contribution in [1.82, 2.24) is 0 Å². The second-order valence-electron chi connectivity index (χ2n) is 3.60. The Balaban J connectivity index is 2.61. The largest absolute Gasteiger partial charge is 0.481 e. The highest BCUT2D eigenvalue weighted by atomic mass is 79.9. The number of amides is 1. The fraction of sp³-hybridized carbons (Fsp3) is 0.250. The average molecular weight is 311 g/mol. The molecule has 0 saturated carbocycles. The van der Waals surface area contributed by atoms with Gasteiger partial charge in [0.1, 0.15) is 6.07 Å². The fourth-order valence-electron chi connectivity index (χ4n) is 1.33. The highest BCUT2D eigenvalue weighted by Crippen LogP contribution is 2.21. The number of halogens is 1. The minimum absolute atomic E-state index is 0.0446. The number of nitrogens with zero attached hydrogens (tertiary/aromatic N) is 1. The van der Waals surface area contributed by atoms with Gasteiger partial charge in [0, 0.05) is 17.3 Å². The second kappa shape index (κ2) is 6.77. The number of hydrogen-bond acceptors (Lipinski definition) is 3. The van der Waals surface area contributed by atoms with Crippen molar-refractivity contribution in [2.24, 2.45) is 0 Å². The summed E-state index contributed by atoms with van der Waals surface area (Å²) >= 11 is 3.25. The molecule has 0 bridgehead atoms. The summed E-state index contributed by atoms with van der Waals surface area (Å²) in [5.41, 5.74) is 0.789. The molecular weight excluding hydrogens is 300 g/mol. The summed E-state index contributed by atoms with van der Waals surface area (Å²) in [4.78, 5) is 21.8. The number of aliphatic carboxylic acids is 1. The van der Waals surface area contributed by atoms with E-state index in [9.17, 15) is 9.59 Å². The van der Waals surface area contributed by atoms with Crippen LogP contribution in [0.1, 0.15) is 24.8 Å². The maximum Gasteiger partial charge on any atom is 0.303 e. The molecule has 1 aromatic rings. The lowest BCUT2D eigenvalue weighted by molar-refractivity contribution is -0.137. The van der Waals surface area contributed by atoms with E-state index in [0.29, 0.717) is 11.3 Å². The van der Waals surface area contributed by atoms with Crippen LogP contribution in [-0.2, 0) is 9.59 Å². The molecular formula is C12H11BrN2O3. The molecule has 0 spiro atoms. The number of anilines is 1. The first-order chi connectivity index (χ1) is 8.52. The minimum Gasteiger partial charge on any atom is -0.481 e. The summed E-state index contributed by atoms with van der Waals surface area (Å²) in [5.74, 6) is -1.23. The van der Waals surface area contributed by atoms with E-state index in [2.05, 4.69) is 21.2 Å². The monoisotopic (exact) mass is 310 g/mol. The topological polar surface area (TPSA) is 90.2 Å². The van der Waals surface area contributed by atoms with Gasteiger partial charge in [-0.3, -0.25) is 9.59 Å². The van der Waals surface area contributed by atoms with E-state index in [0.717, 1.165) is 4.47 Å². The number of carbonyl (C=O) groups excluding carboxylic acids is 1. The van der Waals surface area contributed by atoms with Crippen molar-refractivity contribution in [3.8, 4) is 6.07 Å². The minimum atomic E-state index is -0.928. The molecule has 0 aliphatic carbocycles. The van der Waals surface area contributed by atoms with Crippen LogP contribution in [-0.4, -0.2) is 17.0 Å². The third-order valence-electron chi connectivity index (χ3n) is 2.17. The molecule has 18 heavy (non-hydrogen) atoms. The van der Waals surface area contributed by atoms with E-state index >= 15 is 0 Å². The zero-order valence-corrected chi connectivity index (χ0v) is 11.0. The Bertz CT molecular complexity index is 509. The van der Waals surface area contributed by atoms with Crippen LogP contribution in [0, 0.1) is 11.3 Å². The first-order valence-corrected chi connectivity index (χ1v) is 6.03. The molecule has 0 aliphatic heterocycles. The molecule has 6 heteroatoms. The highest BCUT2D eigenvalue weighted by Gasteiger charge is 2.08. The summed E-state index contributed by atoms with van der Waals surface area (Å²) in [6.07, 6.45) is 0.345. The predicted molar refractivity (Wildman–Crippen MR) is 69.0 cm³/mol. The molecule has 1 amide bonds. The van der Waals surface area contributed by atoms with Gasteiger partial charge in [0.15, 0.2) is 0 Å². The Morgan fingerprint density at radius 1 is 1.39 bits per heavy atom. The summed E-state index contributed by atoms with van der Waals surface area (Å²) in [6, 6.07) is 6.91. The molecule has 0 aromatic heterocycles. The molecule has 0 unspecified atom stereocenters. The lowest BCUT2D eigenvalue weighted by atomic mass is 10.2. The van der Waals surface area contributed by atoms with Crippen LogP contribution in [0.25, 0.3) is 0 Å². The number of nitrogens with one attached hydrogen (secondary N) is 1. The number of benzene rings is 1. The normalized spacial score (nSPS) is 9.56. The van der Waals surface area contributed by atoms with Crippen LogP contribution in [0.4, 0.5) is 5.69 Å². The van der Waals surface area contributed by atoms with Crippen molar-refractivity contribution in [2.75, 3.05) is 5.32 Å². The average Bonchev–Trinajstić information content (AvgIpc) is 2.28. The van der Waals surface area contributed by atoms with Gasteiger partial charge in [0.25, 0.3) is 0 Å². The summed E-state index contributed by atoms with van der Waals surface area (Å²) in [6.45, 7) is 0. The van der Waals surface area contributed by atoms with Gasteiger partial charge >= 0.3 is 5.97 Å². The van der Waals surface area contributed by atoms with Crippen LogP contribution < -0.4 is 5.32 Å². The van der Waals surface area contributed by atoms with Crippen LogP contribution >= 0.6 is 15.9 Å². The second-order valence-corrected chi connectivity index (χ2v) is 4.51. The summed E-state index contributed by atoms with van der Waals surface area (Å²) < 4.78 is 0.752. The number of rotatable bonds is 5. The molecule has 5 nitrogen and oxygen atoms in total. The maximum absolute atomic E-state index is 11.5. The van der Waals surface area contributed by atoms with E-state index in [4.69, 9.17) is 10.4 Å². The smallest absolute Gasteiger partial charge is 0.303 e. The van der Waals surface area contributed by atoms with Crippen LogP contribution in [0.5, 0.6) is 0 Å². The summed E-state index contributed by atoms with van der Waals surface area (Å²) in [7, 11) is 0. The first kappa shape index (κ1) is 14.2. The number of nitriles is 1. The van der Waals surface area contributed by atoms with E-state index in [1.54, 1.807) is 18.2 Å². The van der Waals surface area contributed by atoms with Crippen molar-refractivity contribution >= 4 is 33.5 Å². The van der Waals surface area contributed by atoms with Gasteiger partial charge in [-0.05, 0) is 24.6 Å². The maximum atomic E-state index is 11.5. The highest BCUT2D eigenvalue weighted by molar-refractivity contribution is 9.10. The van der Waals surface area contributed by atoms with Gasteiger partial charge in [-0.25, -0.2) is 0 Å². The SMILES string of the molecule is N#Cc1ccc(Br)cc1NC(=O)CCCC(=O)O. The van der Waals surface area contributed by atoms with Gasteiger partial charge in [-0.15, -0.1) is 0 Å². The van der Waals surface area contributed by atoms with E-state index in [1.165, 1.54) is 0 Å². The van der Waals surface area contributed by atoms with Crippen LogP contribution in [0.15, 0.2) is 22.7 Å². The van der Waals surface area contributed by atoms with Crippen LogP contribution in [0.2, 0.25) is 0 Å². The van der Waals surface area contributed by atoms with E-state index in [-0.39, 0.29) is 25.2 Å². The van der Waals surface area contributed by atoms with Crippen molar-refractivity contribution in [2.45, 2.75) is 19.3 Å². The summed E-state index contributed by atoms with van der Waals surface area (Å²) in [5, 5.41) is 19.9. The molecule has 0 radical (unpaired) electrons. The Morgan fingerprint density at radius 2 is 2.11 bits per heavy atom. The molecule has 0 heterocycles. The van der Waals surface area contributed by atoms with Crippen molar-refractivity contribution in [3.63, 3.8) is 0 Å². The molecule has 1 rings (SSSR count). The number of carbonyl (C=O) groups is 2.